The van der Waals surface area contributed by atoms with Crippen LogP contribution in [0.5, 0.6) is 0 Å². The van der Waals surface area contributed by atoms with Crippen LogP contribution in [0.4, 0.5) is 0 Å². The van der Waals surface area contributed by atoms with Crippen molar-refractivity contribution in [2.45, 2.75) is 44.8 Å². The summed E-state index contributed by atoms with van der Waals surface area (Å²) >= 11 is 0. The third-order valence-corrected chi connectivity index (χ3v) is 2.96. The zero-order valence-corrected chi connectivity index (χ0v) is 7.45. The van der Waals surface area contributed by atoms with Gasteiger partial charge >= 0.3 is 0 Å². The molecule has 1 aliphatic rings. The molecule has 1 rings (SSSR count). The minimum Gasteiger partial charge on any atom is -0.392 e. The second-order valence-electron chi connectivity index (χ2n) is 3.85. The van der Waals surface area contributed by atoms with E-state index in [9.17, 15) is 10.2 Å². The van der Waals surface area contributed by atoms with E-state index < -0.39 is 17.6 Å². The molecule has 1 fully saturated rings. The Kier molecular flexibility index (Phi) is 2.76. The van der Waals surface area contributed by atoms with E-state index in [0.717, 1.165) is 19.3 Å². The molecule has 1 saturated carbocycles. The smallest absolute Gasteiger partial charge is 0.0627 e. The molecule has 0 radical (unpaired) electrons. The van der Waals surface area contributed by atoms with Gasteiger partial charge < -0.3 is 10.2 Å². The van der Waals surface area contributed by atoms with Gasteiger partial charge in [-0.3, -0.25) is 0 Å². The summed E-state index contributed by atoms with van der Waals surface area (Å²) in [5.41, 5.74) is -0.479. The van der Waals surface area contributed by atoms with E-state index >= 15 is 0 Å². The average Bonchev–Trinajstić information content (AvgIpc) is 2.02. The first kappa shape index (κ1) is 9.57. The Morgan fingerprint density at radius 1 is 1.42 bits per heavy atom. The fraction of sp³-hybridized carbons (Fsp3) is 0.800. The zero-order valence-electron chi connectivity index (χ0n) is 7.45. The molecule has 0 amide bonds. The predicted octanol–water partition coefficient (Wildman–Crippen LogP) is 0.922. The summed E-state index contributed by atoms with van der Waals surface area (Å²) < 4.78 is 0. The van der Waals surface area contributed by atoms with Crippen LogP contribution in [0.1, 0.15) is 32.6 Å². The van der Waals surface area contributed by atoms with Crippen molar-refractivity contribution in [1.82, 2.24) is 0 Å². The Hall–Kier alpha value is -0.520. The van der Waals surface area contributed by atoms with Gasteiger partial charge in [-0.1, -0.05) is 6.92 Å². The third kappa shape index (κ3) is 1.48. The molecule has 0 bridgehead atoms. The minimum atomic E-state index is -0.479. The molecule has 2 nitrogen and oxygen atoms in total. The van der Waals surface area contributed by atoms with Crippen LogP contribution >= 0.6 is 0 Å². The lowest BCUT2D eigenvalue weighted by Gasteiger charge is -2.41. The van der Waals surface area contributed by atoms with E-state index in [1.165, 1.54) is 0 Å². The van der Waals surface area contributed by atoms with E-state index in [2.05, 4.69) is 5.92 Å². The Morgan fingerprint density at radius 2 is 1.92 bits per heavy atom. The highest BCUT2D eigenvalue weighted by atomic mass is 16.3. The second-order valence-corrected chi connectivity index (χ2v) is 3.85. The summed E-state index contributed by atoms with van der Waals surface area (Å²) in [5, 5.41) is 19.3. The molecule has 0 aromatic carbocycles. The van der Waals surface area contributed by atoms with Gasteiger partial charge in [-0.15, -0.1) is 12.3 Å². The molecule has 2 N–H and O–H groups in total. The van der Waals surface area contributed by atoms with Gasteiger partial charge in [0.25, 0.3) is 0 Å². The molecule has 1 unspecified atom stereocenters. The lowest BCUT2D eigenvalue weighted by molar-refractivity contribution is -0.0865. The number of rotatable bonds is 1. The van der Waals surface area contributed by atoms with Crippen molar-refractivity contribution < 1.29 is 10.2 Å². The SMILES string of the molecule is C#CCC1(C)[C@H](O)CCC[C@@H]1O. The molecule has 0 spiro atoms. The van der Waals surface area contributed by atoms with Gasteiger partial charge in [0, 0.05) is 11.8 Å². The second kappa shape index (κ2) is 3.47. The molecule has 0 heterocycles. The molecule has 0 saturated heterocycles. The van der Waals surface area contributed by atoms with Crippen LogP contribution in [0, 0.1) is 17.8 Å². The van der Waals surface area contributed by atoms with Gasteiger partial charge in [-0.25, -0.2) is 0 Å². The summed E-state index contributed by atoms with van der Waals surface area (Å²) in [5.74, 6) is 2.52. The summed E-state index contributed by atoms with van der Waals surface area (Å²) in [6, 6.07) is 0. The van der Waals surface area contributed by atoms with Crippen molar-refractivity contribution in [3.63, 3.8) is 0 Å². The highest BCUT2D eigenvalue weighted by Crippen LogP contribution is 2.38. The Labute approximate surface area is 73.6 Å². The molecular formula is C10H16O2. The lowest BCUT2D eigenvalue weighted by Crippen LogP contribution is -2.45. The first-order valence-electron chi connectivity index (χ1n) is 4.41. The van der Waals surface area contributed by atoms with E-state index in [1.807, 2.05) is 6.92 Å². The Morgan fingerprint density at radius 3 is 2.33 bits per heavy atom. The largest absolute Gasteiger partial charge is 0.392 e. The Balaban J connectivity index is 2.74. The molecule has 3 atom stereocenters. The standard InChI is InChI=1S/C10H16O2/c1-3-7-10(2)8(11)5-4-6-9(10)12/h1,8-9,11-12H,4-7H2,2H3/t8-,9+,10?. The van der Waals surface area contributed by atoms with E-state index in [-0.39, 0.29) is 0 Å². The maximum Gasteiger partial charge on any atom is 0.0627 e. The van der Waals surface area contributed by atoms with Crippen LogP contribution in [0.3, 0.4) is 0 Å². The van der Waals surface area contributed by atoms with Crippen molar-refractivity contribution in [3.05, 3.63) is 0 Å². The summed E-state index contributed by atoms with van der Waals surface area (Å²) in [7, 11) is 0. The van der Waals surface area contributed by atoms with Crippen LogP contribution in [0.25, 0.3) is 0 Å². The number of aliphatic hydroxyl groups is 2. The number of terminal acetylenes is 1. The average molecular weight is 168 g/mol. The third-order valence-electron chi connectivity index (χ3n) is 2.96. The monoisotopic (exact) mass is 168 g/mol. The van der Waals surface area contributed by atoms with Crippen molar-refractivity contribution >= 4 is 0 Å². The highest BCUT2D eigenvalue weighted by Gasteiger charge is 2.41. The summed E-state index contributed by atoms with van der Waals surface area (Å²) in [4.78, 5) is 0. The van der Waals surface area contributed by atoms with Crippen molar-refractivity contribution in [1.29, 1.82) is 0 Å². The number of hydrogen-bond donors (Lipinski definition) is 2. The topological polar surface area (TPSA) is 40.5 Å². The summed E-state index contributed by atoms with van der Waals surface area (Å²) in [6.07, 6.45) is 7.17. The minimum absolute atomic E-state index is 0.447. The van der Waals surface area contributed by atoms with Crippen LogP contribution in [0.2, 0.25) is 0 Å². The van der Waals surface area contributed by atoms with Crippen LogP contribution < -0.4 is 0 Å². The zero-order chi connectivity index (χ0) is 9.19. The van der Waals surface area contributed by atoms with Crippen molar-refractivity contribution in [3.8, 4) is 12.3 Å². The molecule has 68 valence electrons. The van der Waals surface area contributed by atoms with Gasteiger partial charge in [0.1, 0.15) is 0 Å². The first-order valence-corrected chi connectivity index (χ1v) is 4.41. The molecule has 0 aromatic rings. The molecule has 0 aliphatic heterocycles. The van der Waals surface area contributed by atoms with Gasteiger partial charge in [0.15, 0.2) is 0 Å². The molecule has 12 heavy (non-hydrogen) atoms. The van der Waals surface area contributed by atoms with Gasteiger partial charge in [-0.05, 0) is 19.3 Å². The summed E-state index contributed by atoms with van der Waals surface area (Å²) in [6.45, 7) is 1.86. The molecule has 1 aliphatic carbocycles. The van der Waals surface area contributed by atoms with Crippen LogP contribution in [-0.2, 0) is 0 Å². The van der Waals surface area contributed by atoms with Gasteiger partial charge in [0.05, 0.1) is 12.2 Å². The number of aliphatic hydroxyl groups excluding tert-OH is 2. The predicted molar refractivity (Wildman–Crippen MR) is 47.4 cm³/mol. The lowest BCUT2D eigenvalue weighted by atomic mass is 9.69. The van der Waals surface area contributed by atoms with Crippen LogP contribution in [-0.4, -0.2) is 22.4 Å². The van der Waals surface area contributed by atoms with Crippen molar-refractivity contribution in [2.24, 2.45) is 5.41 Å². The highest BCUT2D eigenvalue weighted by molar-refractivity contribution is 5.01. The quantitative estimate of drug-likeness (QED) is 0.572. The molecule has 0 aromatic heterocycles. The molecular weight excluding hydrogens is 152 g/mol. The van der Waals surface area contributed by atoms with E-state index in [4.69, 9.17) is 6.42 Å². The fourth-order valence-corrected chi connectivity index (χ4v) is 1.84. The van der Waals surface area contributed by atoms with Gasteiger partial charge in [-0.2, -0.15) is 0 Å². The van der Waals surface area contributed by atoms with E-state index in [1.54, 1.807) is 0 Å². The normalized spacial score (nSPS) is 42.2. The first-order chi connectivity index (χ1) is 5.61. The van der Waals surface area contributed by atoms with E-state index in [0.29, 0.717) is 6.42 Å². The maximum absolute atomic E-state index is 9.67. The van der Waals surface area contributed by atoms with Crippen molar-refractivity contribution in [2.75, 3.05) is 0 Å². The van der Waals surface area contributed by atoms with Crippen LogP contribution in [0.15, 0.2) is 0 Å². The maximum atomic E-state index is 9.67. The van der Waals surface area contributed by atoms with Gasteiger partial charge in [0.2, 0.25) is 0 Å². The number of hydrogen-bond acceptors (Lipinski definition) is 2. The Bertz CT molecular complexity index is 183. The fourth-order valence-electron chi connectivity index (χ4n) is 1.84. The molecule has 2 heteroatoms.